The number of nitrogens with one attached hydrogen (secondary N) is 1. The molecule has 1 aromatic carbocycles. The summed E-state index contributed by atoms with van der Waals surface area (Å²) in [4.78, 5) is 10.7. The van der Waals surface area contributed by atoms with Crippen molar-refractivity contribution < 1.29 is 4.92 Å². The zero-order valence-corrected chi connectivity index (χ0v) is 12.7. The third kappa shape index (κ3) is 3.69. The normalized spacial score (nSPS) is 18.0. The summed E-state index contributed by atoms with van der Waals surface area (Å²) in [5.74, 6) is 0. The minimum Gasteiger partial charge on any atom is -0.379 e. The van der Waals surface area contributed by atoms with Gasteiger partial charge in [-0.25, -0.2) is 0 Å². The fraction of sp³-hybridized carbons (Fsp3) is 0.571. The van der Waals surface area contributed by atoms with Crippen molar-refractivity contribution in [2.45, 2.75) is 39.0 Å². The zero-order chi connectivity index (χ0) is 13.9. The van der Waals surface area contributed by atoms with E-state index in [9.17, 15) is 10.1 Å². The minimum atomic E-state index is -0.335. The average molecular weight is 327 g/mol. The molecule has 1 aromatic rings. The van der Waals surface area contributed by atoms with Crippen molar-refractivity contribution in [1.82, 2.24) is 0 Å². The van der Waals surface area contributed by atoms with Gasteiger partial charge in [0.25, 0.3) is 5.69 Å². The first-order valence-electron chi connectivity index (χ1n) is 6.68. The molecule has 0 spiro atoms. The Balaban J connectivity index is 2.10. The van der Waals surface area contributed by atoms with Crippen LogP contribution >= 0.6 is 15.9 Å². The van der Waals surface area contributed by atoms with E-state index < -0.39 is 0 Å². The molecular weight excluding hydrogens is 308 g/mol. The number of benzene rings is 1. The number of hydrogen-bond acceptors (Lipinski definition) is 3. The maximum absolute atomic E-state index is 11.0. The molecule has 2 rings (SSSR count). The quantitative estimate of drug-likeness (QED) is 0.642. The largest absolute Gasteiger partial charge is 0.379 e. The van der Waals surface area contributed by atoms with Crippen molar-refractivity contribution in [3.05, 3.63) is 32.8 Å². The molecule has 0 saturated heterocycles. The summed E-state index contributed by atoms with van der Waals surface area (Å²) in [5.41, 5.74) is 1.00. The van der Waals surface area contributed by atoms with Crippen LogP contribution in [0.2, 0.25) is 0 Å². The molecule has 0 radical (unpaired) electrons. The van der Waals surface area contributed by atoms with Gasteiger partial charge < -0.3 is 5.32 Å². The predicted octanol–water partition coefficient (Wildman–Crippen LogP) is 4.74. The molecule has 1 aliphatic rings. The van der Waals surface area contributed by atoms with Crippen LogP contribution in [0.4, 0.5) is 11.4 Å². The van der Waals surface area contributed by atoms with Crippen molar-refractivity contribution in [1.29, 1.82) is 0 Å². The van der Waals surface area contributed by atoms with E-state index in [0.29, 0.717) is 5.69 Å². The number of anilines is 1. The van der Waals surface area contributed by atoms with Gasteiger partial charge in [0, 0.05) is 17.1 Å². The van der Waals surface area contributed by atoms with Crippen molar-refractivity contribution in [3.8, 4) is 0 Å². The Hall–Kier alpha value is -1.10. The molecule has 1 N–H and O–H groups in total. The fourth-order valence-corrected chi connectivity index (χ4v) is 3.06. The smallest absolute Gasteiger partial charge is 0.292 e. The summed E-state index contributed by atoms with van der Waals surface area (Å²) >= 11 is 3.36. The number of hydrogen-bond donors (Lipinski definition) is 1. The highest BCUT2D eigenvalue weighted by Gasteiger charge is 2.27. The van der Waals surface area contributed by atoms with E-state index in [2.05, 4.69) is 28.2 Å². The van der Waals surface area contributed by atoms with Gasteiger partial charge in [-0.2, -0.15) is 0 Å². The molecule has 0 atom stereocenters. The lowest BCUT2D eigenvalue weighted by molar-refractivity contribution is -0.384. The van der Waals surface area contributed by atoms with E-state index >= 15 is 0 Å². The minimum absolute atomic E-state index is 0.141. The predicted molar refractivity (Wildman–Crippen MR) is 80.5 cm³/mol. The Morgan fingerprint density at radius 1 is 1.37 bits per heavy atom. The van der Waals surface area contributed by atoms with E-state index in [0.717, 1.165) is 11.0 Å². The third-order valence-corrected chi connectivity index (χ3v) is 4.41. The van der Waals surface area contributed by atoms with Gasteiger partial charge in [0.05, 0.1) is 4.92 Å². The van der Waals surface area contributed by atoms with Gasteiger partial charge in [-0.05, 0) is 30.4 Å². The lowest BCUT2D eigenvalue weighted by atomic mass is 9.76. The molecule has 0 amide bonds. The van der Waals surface area contributed by atoms with E-state index in [1.54, 1.807) is 12.1 Å². The number of halogens is 1. The van der Waals surface area contributed by atoms with Crippen molar-refractivity contribution >= 4 is 27.3 Å². The number of nitro benzene ring substituents is 1. The Kier molecular flexibility index (Phi) is 4.45. The van der Waals surface area contributed by atoms with Gasteiger partial charge >= 0.3 is 0 Å². The molecule has 0 bridgehead atoms. The molecule has 1 saturated carbocycles. The molecule has 0 aliphatic heterocycles. The third-order valence-electron chi connectivity index (χ3n) is 3.92. The molecule has 1 fully saturated rings. The first-order valence-corrected chi connectivity index (χ1v) is 7.47. The maximum Gasteiger partial charge on any atom is 0.292 e. The monoisotopic (exact) mass is 326 g/mol. The lowest BCUT2D eigenvalue weighted by Gasteiger charge is -2.33. The van der Waals surface area contributed by atoms with Crippen LogP contribution in [0.5, 0.6) is 0 Å². The summed E-state index contributed by atoms with van der Waals surface area (Å²) in [6.07, 6.45) is 6.23. The second-order valence-electron chi connectivity index (χ2n) is 5.64. The highest BCUT2D eigenvalue weighted by Crippen LogP contribution is 2.37. The number of nitro groups is 1. The maximum atomic E-state index is 11.0. The van der Waals surface area contributed by atoms with Crippen LogP contribution in [0.15, 0.2) is 22.7 Å². The Bertz CT molecular complexity index is 471. The van der Waals surface area contributed by atoms with E-state index in [1.807, 2.05) is 0 Å². The second-order valence-corrected chi connectivity index (χ2v) is 6.56. The van der Waals surface area contributed by atoms with Crippen LogP contribution in [0.25, 0.3) is 0 Å². The standard InChI is InChI=1S/C14H19BrN2O2/c1-14(7-3-2-4-8-14)10-16-12-9-11(15)5-6-13(12)17(18)19/h5-6,9,16H,2-4,7-8,10H2,1H3. The lowest BCUT2D eigenvalue weighted by Crippen LogP contribution is -2.29. The molecule has 19 heavy (non-hydrogen) atoms. The zero-order valence-electron chi connectivity index (χ0n) is 11.1. The van der Waals surface area contributed by atoms with Crippen LogP contribution in [-0.4, -0.2) is 11.5 Å². The summed E-state index contributed by atoms with van der Waals surface area (Å²) in [6, 6.07) is 5.02. The van der Waals surface area contributed by atoms with Gasteiger partial charge in [0.2, 0.25) is 0 Å². The average Bonchev–Trinajstić information content (AvgIpc) is 2.37. The molecule has 104 valence electrons. The fourth-order valence-electron chi connectivity index (χ4n) is 2.70. The van der Waals surface area contributed by atoms with Gasteiger partial charge in [-0.1, -0.05) is 42.1 Å². The summed E-state index contributed by atoms with van der Waals surface area (Å²) in [7, 11) is 0. The van der Waals surface area contributed by atoms with E-state index in [1.165, 1.54) is 38.2 Å². The van der Waals surface area contributed by atoms with Crippen LogP contribution < -0.4 is 5.32 Å². The molecule has 4 nitrogen and oxygen atoms in total. The molecule has 1 aliphatic carbocycles. The Morgan fingerprint density at radius 2 is 2.05 bits per heavy atom. The van der Waals surface area contributed by atoms with Gasteiger partial charge in [0.1, 0.15) is 5.69 Å². The van der Waals surface area contributed by atoms with Crippen molar-refractivity contribution in [2.75, 3.05) is 11.9 Å². The van der Waals surface area contributed by atoms with Gasteiger partial charge in [0.15, 0.2) is 0 Å². The molecule has 0 aromatic heterocycles. The summed E-state index contributed by atoms with van der Waals surface area (Å²) in [5, 5.41) is 14.3. The Labute approximate surface area is 121 Å². The molecule has 0 heterocycles. The van der Waals surface area contributed by atoms with Gasteiger partial charge in [-0.3, -0.25) is 10.1 Å². The van der Waals surface area contributed by atoms with Crippen LogP contribution in [0.3, 0.4) is 0 Å². The molecule has 5 heteroatoms. The number of nitrogens with zero attached hydrogens (tertiary/aromatic N) is 1. The number of rotatable bonds is 4. The molecular formula is C14H19BrN2O2. The van der Waals surface area contributed by atoms with Crippen LogP contribution in [0.1, 0.15) is 39.0 Å². The SMILES string of the molecule is CC1(CNc2cc(Br)ccc2[N+](=O)[O-])CCCCC1. The summed E-state index contributed by atoms with van der Waals surface area (Å²) in [6.45, 7) is 3.06. The Morgan fingerprint density at radius 3 is 2.68 bits per heavy atom. The first-order chi connectivity index (χ1) is 9.00. The van der Waals surface area contributed by atoms with Crippen LogP contribution in [0, 0.1) is 15.5 Å². The van der Waals surface area contributed by atoms with Gasteiger partial charge in [-0.15, -0.1) is 0 Å². The highest BCUT2D eigenvalue weighted by atomic mass is 79.9. The highest BCUT2D eigenvalue weighted by molar-refractivity contribution is 9.10. The van der Waals surface area contributed by atoms with E-state index in [4.69, 9.17) is 0 Å². The second kappa shape index (κ2) is 5.90. The van der Waals surface area contributed by atoms with Crippen molar-refractivity contribution in [3.63, 3.8) is 0 Å². The summed E-state index contributed by atoms with van der Waals surface area (Å²) < 4.78 is 0.856. The molecule has 0 unspecified atom stereocenters. The van der Waals surface area contributed by atoms with E-state index in [-0.39, 0.29) is 16.0 Å². The van der Waals surface area contributed by atoms with Crippen LogP contribution in [-0.2, 0) is 0 Å². The first kappa shape index (κ1) is 14.3. The topological polar surface area (TPSA) is 55.2 Å². The van der Waals surface area contributed by atoms with Crippen molar-refractivity contribution in [2.24, 2.45) is 5.41 Å².